The van der Waals surface area contributed by atoms with Crippen LogP contribution in [0.2, 0.25) is 5.02 Å². The number of piperidine rings is 1. The second-order valence-electron chi connectivity index (χ2n) is 5.08. The number of rotatable bonds is 4. The zero-order valence-electron chi connectivity index (χ0n) is 11.6. The van der Waals surface area contributed by atoms with Crippen molar-refractivity contribution in [3.8, 4) is 5.75 Å². The number of nitrogens with one attached hydrogen (secondary N) is 1. The molecule has 2 unspecified atom stereocenters. The van der Waals surface area contributed by atoms with Gasteiger partial charge in [0.1, 0.15) is 11.9 Å². The number of benzene rings is 1. The minimum absolute atomic E-state index is 0. The van der Waals surface area contributed by atoms with E-state index in [1.807, 2.05) is 18.2 Å². The van der Waals surface area contributed by atoms with E-state index in [0.29, 0.717) is 12.0 Å². The maximum Gasteiger partial charge on any atom is 0.123 e. The molecule has 0 amide bonds. The van der Waals surface area contributed by atoms with Gasteiger partial charge in [-0.05, 0) is 55.5 Å². The van der Waals surface area contributed by atoms with Crippen molar-refractivity contribution in [2.45, 2.75) is 45.1 Å². The molecule has 1 saturated heterocycles. The van der Waals surface area contributed by atoms with Gasteiger partial charge in [-0.2, -0.15) is 0 Å². The molecule has 0 aromatic heterocycles. The highest BCUT2D eigenvalue weighted by Crippen LogP contribution is 2.32. The van der Waals surface area contributed by atoms with Crippen molar-refractivity contribution in [2.75, 3.05) is 13.1 Å². The smallest absolute Gasteiger partial charge is 0.123 e. The van der Waals surface area contributed by atoms with Gasteiger partial charge in [-0.3, -0.25) is 0 Å². The van der Waals surface area contributed by atoms with E-state index < -0.39 is 0 Å². The van der Waals surface area contributed by atoms with Crippen molar-refractivity contribution in [3.05, 3.63) is 28.8 Å². The van der Waals surface area contributed by atoms with E-state index in [1.54, 1.807) is 0 Å². The molecular weight excluding hydrogens is 281 g/mol. The molecule has 4 heteroatoms. The van der Waals surface area contributed by atoms with Gasteiger partial charge < -0.3 is 10.1 Å². The summed E-state index contributed by atoms with van der Waals surface area (Å²) in [4.78, 5) is 0. The lowest BCUT2D eigenvalue weighted by molar-refractivity contribution is 0.165. The fourth-order valence-corrected chi connectivity index (χ4v) is 2.51. The highest BCUT2D eigenvalue weighted by molar-refractivity contribution is 6.30. The summed E-state index contributed by atoms with van der Waals surface area (Å²) in [5, 5.41) is 4.17. The summed E-state index contributed by atoms with van der Waals surface area (Å²) in [6.45, 7) is 6.47. The highest BCUT2D eigenvalue weighted by Gasteiger charge is 2.18. The van der Waals surface area contributed by atoms with Crippen LogP contribution in [-0.4, -0.2) is 19.2 Å². The van der Waals surface area contributed by atoms with Crippen LogP contribution in [0.3, 0.4) is 0 Å². The Bertz CT molecular complexity index is 392. The number of hydrogen-bond donors (Lipinski definition) is 1. The Labute approximate surface area is 127 Å². The van der Waals surface area contributed by atoms with E-state index in [4.69, 9.17) is 16.3 Å². The first-order valence-corrected chi connectivity index (χ1v) is 7.25. The number of hydrogen-bond acceptors (Lipinski definition) is 2. The Morgan fingerprint density at radius 3 is 2.89 bits per heavy atom. The molecule has 1 aromatic rings. The van der Waals surface area contributed by atoms with Gasteiger partial charge in [0, 0.05) is 11.6 Å². The summed E-state index contributed by atoms with van der Waals surface area (Å²) in [7, 11) is 0. The van der Waals surface area contributed by atoms with E-state index in [1.165, 1.54) is 12.0 Å². The summed E-state index contributed by atoms with van der Waals surface area (Å²) < 4.78 is 6.14. The Kier molecular flexibility index (Phi) is 6.98. The van der Waals surface area contributed by atoms with E-state index in [2.05, 4.69) is 19.2 Å². The summed E-state index contributed by atoms with van der Waals surface area (Å²) in [5.41, 5.74) is 1.23. The van der Waals surface area contributed by atoms with Crippen LogP contribution in [0, 0.1) is 0 Å². The van der Waals surface area contributed by atoms with Crippen LogP contribution < -0.4 is 10.1 Å². The highest BCUT2D eigenvalue weighted by atomic mass is 35.5. The molecule has 108 valence electrons. The summed E-state index contributed by atoms with van der Waals surface area (Å²) in [5.74, 6) is 1.48. The maximum atomic E-state index is 6.14. The van der Waals surface area contributed by atoms with Crippen LogP contribution in [0.5, 0.6) is 5.75 Å². The molecule has 0 aliphatic carbocycles. The molecular formula is C15H23Cl2NO. The third kappa shape index (κ3) is 4.55. The van der Waals surface area contributed by atoms with Gasteiger partial charge >= 0.3 is 0 Å². The average molecular weight is 304 g/mol. The lowest BCUT2D eigenvalue weighted by Crippen LogP contribution is -2.37. The van der Waals surface area contributed by atoms with Gasteiger partial charge in [0.25, 0.3) is 0 Å². The van der Waals surface area contributed by atoms with Gasteiger partial charge in [-0.1, -0.05) is 25.4 Å². The SMILES string of the molecule is CCC(C)c1cc(Cl)ccc1OC1CCCNC1.Cl. The molecule has 0 spiro atoms. The monoisotopic (exact) mass is 303 g/mol. The Hall–Kier alpha value is -0.440. The molecule has 19 heavy (non-hydrogen) atoms. The second kappa shape index (κ2) is 7.98. The normalized spacial score (nSPS) is 20.5. The fraction of sp³-hybridized carbons (Fsp3) is 0.600. The molecule has 1 heterocycles. The molecule has 2 atom stereocenters. The van der Waals surface area contributed by atoms with E-state index >= 15 is 0 Å². The predicted molar refractivity (Wildman–Crippen MR) is 83.9 cm³/mol. The van der Waals surface area contributed by atoms with Crippen molar-refractivity contribution in [2.24, 2.45) is 0 Å². The van der Waals surface area contributed by atoms with Crippen molar-refractivity contribution < 1.29 is 4.74 Å². The third-order valence-corrected chi connectivity index (χ3v) is 3.90. The van der Waals surface area contributed by atoms with Gasteiger partial charge in [-0.25, -0.2) is 0 Å². The standard InChI is InChI=1S/C15H22ClNO.ClH/c1-3-11(2)14-9-12(16)6-7-15(14)18-13-5-4-8-17-10-13;/h6-7,9,11,13,17H,3-5,8,10H2,1-2H3;1H. The van der Waals surface area contributed by atoms with Crippen LogP contribution in [0.1, 0.15) is 44.6 Å². The van der Waals surface area contributed by atoms with Crippen LogP contribution in [0.15, 0.2) is 18.2 Å². The van der Waals surface area contributed by atoms with E-state index in [0.717, 1.165) is 36.7 Å². The van der Waals surface area contributed by atoms with Crippen LogP contribution >= 0.6 is 24.0 Å². The largest absolute Gasteiger partial charge is 0.489 e. The minimum Gasteiger partial charge on any atom is -0.489 e. The van der Waals surface area contributed by atoms with Gasteiger partial charge in [-0.15, -0.1) is 12.4 Å². The zero-order chi connectivity index (χ0) is 13.0. The first-order chi connectivity index (χ1) is 8.70. The van der Waals surface area contributed by atoms with Crippen molar-refractivity contribution in [3.63, 3.8) is 0 Å². The molecule has 0 saturated carbocycles. The summed E-state index contributed by atoms with van der Waals surface area (Å²) in [6.07, 6.45) is 3.72. The topological polar surface area (TPSA) is 21.3 Å². The first kappa shape index (κ1) is 16.6. The van der Waals surface area contributed by atoms with Crippen molar-refractivity contribution in [1.82, 2.24) is 5.32 Å². The van der Waals surface area contributed by atoms with E-state index in [-0.39, 0.29) is 12.4 Å². The molecule has 1 aliphatic heterocycles. The molecule has 2 nitrogen and oxygen atoms in total. The average Bonchev–Trinajstić information content (AvgIpc) is 2.41. The predicted octanol–water partition coefficient (Wildman–Crippen LogP) is 4.41. The first-order valence-electron chi connectivity index (χ1n) is 6.87. The molecule has 0 radical (unpaired) electrons. The maximum absolute atomic E-state index is 6.14. The van der Waals surface area contributed by atoms with Gasteiger partial charge in [0.05, 0.1) is 0 Å². The van der Waals surface area contributed by atoms with Gasteiger partial charge in [0.2, 0.25) is 0 Å². The van der Waals surface area contributed by atoms with Crippen LogP contribution in [0.25, 0.3) is 0 Å². The minimum atomic E-state index is 0. The molecule has 1 aromatic carbocycles. The second-order valence-corrected chi connectivity index (χ2v) is 5.51. The van der Waals surface area contributed by atoms with Crippen LogP contribution in [0.4, 0.5) is 0 Å². The van der Waals surface area contributed by atoms with Crippen molar-refractivity contribution in [1.29, 1.82) is 0 Å². The molecule has 2 rings (SSSR count). The zero-order valence-corrected chi connectivity index (χ0v) is 13.2. The molecule has 1 N–H and O–H groups in total. The fourth-order valence-electron chi connectivity index (χ4n) is 2.33. The Balaban J connectivity index is 0.00000180. The summed E-state index contributed by atoms with van der Waals surface area (Å²) in [6, 6.07) is 5.97. The lowest BCUT2D eigenvalue weighted by Gasteiger charge is -2.26. The molecule has 1 fully saturated rings. The molecule has 1 aliphatic rings. The third-order valence-electron chi connectivity index (χ3n) is 3.66. The Morgan fingerprint density at radius 1 is 1.47 bits per heavy atom. The van der Waals surface area contributed by atoms with Gasteiger partial charge in [0.15, 0.2) is 0 Å². The van der Waals surface area contributed by atoms with Crippen molar-refractivity contribution >= 4 is 24.0 Å². The number of ether oxygens (including phenoxy) is 1. The number of halogens is 2. The summed E-state index contributed by atoms with van der Waals surface area (Å²) >= 11 is 6.09. The van der Waals surface area contributed by atoms with E-state index in [9.17, 15) is 0 Å². The van der Waals surface area contributed by atoms with Crippen LogP contribution in [-0.2, 0) is 0 Å². The molecule has 0 bridgehead atoms. The lowest BCUT2D eigenvalue weighted by atomic mass is 9.97. The quantitative estimate of drug-likeness (QED) is 0.890. The Morgan fingerprint density at radius 2 is 2.26 bits per heavy atom.